The summed E-state index contributed by atoms with van der Waals surface area (Å²) in [6.07, 6.45) is 4.18. The van der Waals surface area contributed by atoms with Crippen molar-refractivity contribution < 1.29 is 14.6 Å². The minimum Gasteiger partial charge on any atom is -0.388 e. The third-order valence-electron chi connectivity index (χ3n) is 3.05. The van der Waals surface area contributed by atoms with Crippen LogP contribution in [0, 0.1) is 0 Å². The zero-order chi connectivity index (χ0) is 12.3. The molecule has 0 aromatic carbocycles. The predicted octanol–water partition coefficient (Wildman–Crippen LogP) is -0.309. The molecule has 1 amide bonds. The van der Waals surface area contributed by atoms with Gasteiger partial charge < -0.3 is 19.7 Å². The van der Waals surface area contributed by atoms with Crippen molar-refractivity contribution in [1.29, 1.82) is 0 Å². The maximum atomic E-state index is 11.8. The molecule has 2 N–H and O–H groups in total. The number of aryl methyl sites for hydroxylation is 1. The Bertz CT molecular complexity index is 396. The van der Waals surface area contributed by atoms with E-state index in [-0.39, 0.29) is 12.5 Å². The van der Waals surface area contributed by atoms with Crippen LogP contribution >= 0.6 is 0 Å². The Morgan fingerprint density at radius 3 is 2.94 bits per heavy atom. The maximum Gasteiger partial charge on any atom is 0.269 e. The van der Waals surface area contributed by atoms with Gasteiger partial charge in [-0.05, 0) is 0 Å². The van der Waals surface area contributed by atoms with E-state index in [4.69, 9.17) is 4.74 Å². The SMILES string of the molecule is Cn1cncc1C(=O)NCC1(O)CCOCC1. The van der Waals surface area contributed by atoms with Gasteiger partial charge in [0.1, 0.15) is 5.69 Å². The van der Waals surface area contributed by atoms with Crippen molar-refractivity contribution >= 4 is 5.91 Å². The maximum absolute atomic E-state index is 11.8. The largest absolute Gasteiger partial charge is 0.388 e. The fourth-order valence-corrected chi connectivity index (χ4v) is 1.84. The van der Waals surface area contributed by atoms with Crippen molar-refractivity contribution in [2.45, 2.75) is 18.4 Å². The highest BCUT2D eigenvalue weighted by molar-refractivity contribution is 5.92. The molecule has 0 radical (unpaired) electrons. The van der Waals surface area contributed by atoms with Gasteiger partial charge >= 0.3 is 0 Å². The number of carbonyl (C=O) groups excluding carboxylic acids is 1. The first-order chi connectivity index (χ1) is 8.11. The molecule has 0 aliphatic carbocycles. The van der Waals surface area contributed by atoms with Crippen LogP contribution in [0.2, 0.25) is 0 Å². The predicted molar refractivity (Wildman–Crippen MR) is 60.5 cm³/mol. The van der Waals surface area contributed by atoms with Gasteiger partial charge in [0.05, 0.1) is 18.1 Å². The number of amides is 1. The summed E-state index contributed by atoms with van der Waals surface area (Å²) >= 11 is 0. The van der Waals surface area contributed by atoms with Gasteiger partial charge in [0.25, 0.3) is 5.91 Å². The normalized spacial score (nSPS) is 18.9. The quantitative estimate of drug-likeness (QED) is 0.758. The standard InChI is InChI=1S/C11H17N3O3/c1-14-8-12-6-9(14)10(15)13-7-11(16)2-4-17-5-3-11/h6,8,16H,2-5,7H2,1H3,(H,13,15). The lowest BCUT2D eigenvalue weighted by Gasteiger charge is -2.32. The van der Waals surface area contributed by atoms with Crippen molar-refractivity contribution in [1.82, 2.24) is 14.9 Å². The molecule has 1 aromatic rings. The van der Waals surface area contributed by atoms with Crippen LogP contribution in [-0.4, -0.2) is 45.9 Å². The molecule has 1 saturated heterocycles. The van der Waals surface area contributed by atoms with Gasteiger partial charge in [-0.25, -0.2) is 4.98 Å². The van der Waals surface area contributed by atoms with Crippen LogP contribution in [0.3, 0.4) is 0 Å². The second-order valence-corrected chi connectivity index (χ2v) is 4.41. The summed E-state index contributed by atoms with van der Waals surface area (Å²) in [4.78, 5) is 15.7. The minimum atomic E-state index is -0.841. The lowest BCUT2D eigenvalue weighted by Crippen LogP contribution is -2.46. The fraction of sp³-hybridized carbons (Fsp3) is 0.636. The van der Waals surface area contributed by atoms with Crippen LogP contribution in [0.1, 0.15) is 23.3 Å². The Hall–Kier alpha value is -1.40. The van der Waals surface area contributed by atoms with Gasteiger partial charge in [0, 0.05) is 39.6 Å². The molecule has 0 bridgehead atoms. The molecule has 94 valence electrons. The number of aliphatic hydroxyl groups is 1. The van der Waals surface area contributed by atoms with E-state index in [9.17, 15) is 9.90 Å². The fourth-order valence-electron chi connectivity index (χ4n) is 1.84. The van der Waals surface area contributed by atoms with Crippen molar-refractivity contribution in [2.24, 2.45) is 7.05 Å². The average Bonchev–Trinajstić information content (AvgIpc) is 2.74. The molecule has 6 heteroatoms. The Morgan fingerprint density at radius 1 is 1.65 bits per heavy atom. The first-order valence-corrected chi connectivity index (χ1v) is 5.65. The third-order valence-corrected chi connectivity index (χ3v) is 3.05. The van der Waals surface area contributed by atoms with Gasteiger partial charge in [-0.1, -0.05) is 0 Å². The smallest absolute Gasteiger partial charge is 0.269 e. The number of hydrogen-bond acceptors (Lipinski definition) is 4. The summed E-state index contributed by atoms with van der Waals surface area (Å²) in [5.41, 5.74) is -0.354. The summed E-state index contributed by atoms with van der Waals surface area (Å²) in [5, 5.41) is 12.9. The lowest BCUT2D eigenvalue weighted by atomic mass is 9.94. The van der Waals surface area contributed by atoms with Crippen LogP contribution in [0.4, 0.5) is 0 Å². The highest BCUT2D eigenvalue weighted by Crippen LogP contribution is 2.19. The van der Waals surface area contributed by atoms with Gasteiger partial charge in [0.2, 0.25) is 0 Å². The number of imidazole rings is 1. The molecule has 1 aliphatic heterocycles. The Morgan fingerprint density at radius 2 is 2.35 bits per heavy atom. The number of aromatic nitrogens is 2. The van der Waals surface area contributed by atoms with E-state index >= 15 is 0 Å². The van der Waals surface area contributed by atoms with Crippen molar-refractivity contribution in [2.75, 3.05) is 19.8 Å². The number of ether oxygens (including phenoxy) is 1. The van der Waals surface area contributed by atoms with Crippen molar-refractivity contribution in [3.8, 4) is 0 Å². The van der Waals surface area contributed by atoms with Crippen LogP contribution in [-0.2, 0) is 11.8 Å². The monoisotopic (exact) mass is 239 g/mol. The molecule has 2 rings (SSSR count). The Balaban J connectivity index is 1.90. The van der Waals surface area contributed by atoms with Crippen molar-refractivity contribution in [3.63, 3.8) is 0 Å². The zero-order valence-corrected chi connectivity index (χ0v) is 9.85. The average molecular weight is 239 g/mol. The second-order valence-electron chi connectivity index (χ2n) is 4.41. The summed E-state index contributed by atoms with van der Waals surface area (Å²) < 4.78 is 6.82. The third kappa shape index (κ3) is 2.83. The lowest BCUT2D eigenvalue weighted by molar-refractivity contribution is -0.0605. The molecule has 1 fully saturated rings. The summed E-state index contributed by atoms with van der Waals surface area (Å²) in [6, 6.07) is 0. The highest BCUT2D eigenvalue weighted by Gasteiger charge is 2.30. The summed E-state index contributed by atoms with van der Waals surface area (Å²) in [5.74, 6) is -0.218. The van der Waals surface area contributed by atoms with E-state index < -0.39 is 5.60 Å². The molecule has 1 aromatic heterocycles. The second kappa shape index (κ2) is 4.85. The molecule has 1 aliphatic rings. The molecule has 6 nitrogen and oxygen atoms in total. The van der Waals surface area contributed by atoms with Gasteiger partial charge in [-0.3, -0.25) is 4.79 Å². The van der Waals surface area contributed by atoms with Gasteiger partial charge in [0.15, 0.2) is 0 Å². The van der Waals surface area contributed by atoms with E-state index in [1.165, 1.54) is 6.20 Å². The molecule has 0 spiro atoms. The first-order valence-electron chi connectivity index (χ1n) is 5.65. The van der Waals surface area contributed by atoms with Crippen LogP contribution in [0.5, 0.6) is 0 Å². The number of carbonyl (C=O) groups is 1. The molecule has 0 saturated carbocycles. The highest BCUT2D eigenvalue weighted by atomic mass is 16.5. The van der Waals surface area contributed by atoms with Gasteiger partial charge in [-0.2, -0.15) is 0 Å². The van der Waals surface area contributed by atoms with E-state index in [2.05, 4.69) is 10.3 Å². The number of hydrogen-bond donors (Lipinski definition) is 2. The van der Waals surface area contributed by atoms with Crippen LogP contribution < -0.4 is 5.32 Å². The van der Waals surface area contributed by atoms with E-state index in [0.29, 0.717) is 31.7 Å². The van der Waals surface area contributed by atoms with E-state index in [0.717, 1.165) is 0 Å². The van der Waals surface area contributed by atoms with Crippen molar-refractivity contribution in [3.05, 3.63) is 18.2 Å². The topological polar surface area (TPSA) is 76.4 Å². The molecule has 17 heavy (non-hydrogen) atoms. The number of nitrogens with one attached hydrogen (secondary N) is 1. The number of nitrogens with zero attached hydrogens (tertiary/aromatic N) is 2. The molecule has 0 unspecified atom stereocenters. The summed E-state index contributed by atoms with van der Waals surface area (Å²) in [6.45, 7) is 1.33. The Kier molecular flexibility index (Phi) is 3.44. The van der Waals surface area contributed by atoms with E-state index in [1.807, 2.05) is 0 Å². The zero-order valence-electron chi connectivity index (χ0n) is 9.85. The summed E-state index contributed by atoms with van der Waals surface area (Å²) in [7, 11) is 1.76. The molecule has 0 atom stereocenters. The Labute approximate surface area is 99.6 Å². The van der Waals surface area contributed by atoms with E-state index in [1.54, 1.807) is 17.9 Å². The van der Waals surface area contributed by atoms with Gasteiger partial charge in [-0.15, -0.1) is 0 Å². The molecule has 2 heterocycles. The van der Waals surface area contributed by atoms with Crippen LogP contribution in [0.25, 0.3) is 0 Å². The number of rotatable bonds is 3. The minimum absolute atomic E-state index is 0.218. The van der Waals surface area contributed by atoms with Crippen LogP contribution in [0.15, 0.2) is 12.5 Å². The first kappa shape index (κ1) is 12.1. The molecular formula is C11H17N3O3. The molecular weight excluding hydrogens is 222 g/mol.